The smallest absolute Gasteiger partial charge is 0.0535 e. The Bertz CT molecular complexity index is 714. The molecule has 146 valence electrons. The molecule has 0 spiro atoms. The number of aryl methyl sites for hydroxylation is 2. The largest absolute Gasteiger partial charge is 0.381 e. The Kier molecular flexibility index (Phi) is 6.28. The lowest BCUT2D eigenvalue weighted by molar-refractivity contribution is 0.0384. The highest BCUT2D eigenvalue weighted by molar-refractivity contribution is 5.22. The van der Waals surface area contributed by atoms with E-state index in [9.17, 15) is 0 Å². The van der Waals surface area contributed by atoms with E-state index in [0.717, 1.165) is 44.8 Å². The molecule has 2 aromatic heterocycles. The minimum atomic E-state index is -0.0248. The van der Waals surface area contributed by atoms with Gasteiger partial charge in [-0.1, -0.05) is 12.1 Å². The van der Waals surface area contributed by atoms with Gasteiger partial charge in [0.2, 0.25) is 0 Å². The Hall–Kier alpha value is -1.78. The molecule has 0 aliphatic carbocycles. The van der Waals surface area contributed by atoms with Gasteiger partial charge in [0.05, 0.1) is 6.61 Å². The summed E-state index contributed by atoms with van der Waals surface area (Å²) in [5.74, 6) is 0. The maximum atomic E-state index is 5.94. The lowest BCUT2D eigenvalue weighted by Gasteiger charge is -2.38. The number of hydrogen-bond acceptors (Lipinski definition) is 4. The SMILES string of the molecule is CCOC[C@@]1(CCc2cccnc2)CCN(C(C)(C)c2ccc(C)nc2)C1. The number of hydrogen-bond donors (Lipinski definition) is 0. The number of likely N-dealkylation sites (tertiary alicyclic amines) is 1. The molecule has 1 atom stereocenters. The molecule has 1 fully saturated rings. The molecule has 4 nitrogen and oxygen atoms in total. The van der Waals surface area contributed by atoms with Crippen LogP contribution in [0, 0.1) is 12.3 Å². The van der Waals surface area contributed by atoms with E-state index in [1.807, 2.05) is 31.6 Å². The molecule has 27 heavy (non-hydrogen) atoms. The van der Waals surface area contributed by atoms with Crippen molar-refractivity contribution in [3.8, 4) is 0 Å². The van der Waals surface area contributed by atoms with Gasteiger partial charge in [-0.3, -0.25) is 14.9 Å². The van der Waals surface area contributed by atoms with E-state index < -0.39 is 0 Å². The number of rotatable bonds is 8. The van der Waals surface area contributed by atoms with Crippen LogP contribution in [0.3, 0.4) is 0 Å². The summed E-state index contributed by atoms with van der Waals surface area (Å²) in [6, 6.07) is 8.54. The highest BCUT2D eigenvalue weighted by Gasteiger charge is 2.43. The maximum Gasteiger partial charge on any atom is 0.0535 e. The molecule has 1 aliphatic rings. The van der Waals surface area contributed by atoms with Crippen molar-refractivity contribution in [3.63, 3.8) is 0 Å². The molecule has 0 N–H and O–H groups in total. The summed E-state index contributed by atoms with van der Waals surface area (Å²) in [6.45, 7) is 12.5. The van der Waals surface area contributed by atoms with Crippen LogP contribution in [-0.4, -0.2) is 41.2 Å². The summed E-state index contributed by atoms with van der Waals surface area (Å²) in [4.78, 5) is 11.4. The second-order valence-electron chi connectivity index (χ2n) is 8.42. The Morgan fingerprint density at radius 3 is 2.74 bits per heavy atom. The standard InChI is InChI=1S/C23H33N3O/c1-5-27-18-23(11-10-20-7-6-13-24-15-20)12-14-26(17-23)22(3,4)21-9-8-19(2)25-16-21/h6-9,13,15-16H,5,10-12,14,17-18H2,1-4H3/t23-/m0/s1. The highest BCUT2D eigenvalue weighted by atomic mass is 16.5. The minimum Gasteiger partial charge on any atom is -0.381 e. The summed E-state index contributed by atoms with van der Waals surface area (Å²) >= 11 is 0. The normalized spacial score (nSPS) is 20.9. The van der Waals surface area contributed by atoms with Gasteiger partial charge in [-0.25, -0.2) is 0 Å². The quantitative estimate of drug-likeness (QED) is 0.694. The van der Waals surface area contributed by atoms with Crippen LogP contribution in [0.2, 0.25) is 0 Å². The molecule has 0 aromatic carbocycles. The Balaban J connectivity index is 1.73. The molecular weight excluding hydrogens is 334 g/mol. The zero-order valence-electron chi connectivity index (χ0n) is 17.2. The Morgan fingerprint density at radius 1 is 1.22 bits per heavy atom. The van der Waals surface area contributed by atoms with Crippen molar-refractivity contribution in [2.75, 3.05) is 26.3 Å². The lowest BCUT2D eigenvalue weighted by Crippen LogP contribution is -2.42. The first-order valence-corrected chi connectivity index (χ1v) is 10.1. The summed E-state index contributed by atoms with van der Waals surface area (Å²) in [5, 5.41) is 0. The van der Waals surface area contributed by atoms with Gasteiger partial charge in [0.25, 0.3) is 0 Å². The predicted octanol–water partition coefficient (Wildman–Crippen LogP) is 4.38. The molecule has 2 aromatic rings. The Morgan fingerprint density at radius 2 is 2.07 bits per heavy atom. The van der Waals surface area contributed by atoms with Crippen LogP contribution in [0.25, 0.3) is 0 Å². The number of ether oxygens (including phenoxy) is 1. The molecule has 0 unspecified atom stereocenters. The van der Waals surface area contributed by atoms with Crippen LogP contribution in [-0.2, 0) is 16.7 Å². The van der Waals surface area contributed by atoms with Gasteiger partial charge < -0.3 is 4.74 Å². The maximum absolute atomic E-state index is 5.94. The van der Waals surface area contributed by atoms with E-state index >= 15 is 0 Å². The molecule has 4 heteroatoms. The van der Waals surface area contributed by atoms with Gasteiger partial charge in [0, 0.05) is 48.4 Å². The van der Waals surface area contributed by atoms with Crippen molar-refractivity contribution in [1.82, 2.24) is 14.9 Å². The van der Waals surface area contributed by atoms with Gasteiger partial charge in [0.1, 0.15) is 0 Å². The molecule has 0 bridgehead atoms. The molecule has 3 rings (SSSR count). The van der Waals surface area contributed by atoms with Gasteiger partial charge in [0.15, 0.2) is 0 Å². The second-order valence-corrected chi connectivity index (χ2v) is 8.42. The molecular formula is C23H33N3O. The molecule has 0 radical (unpaired) electrons. The van der Waals surface area contributed by atoms with Crippen LogP contribution in [0.15, 0.2) is 42.9 Å². The fraction of sp³-hybridized carbons (Fsp3) is 0.565. The van der Waals surface area contributed by atoms with Crippen molar-refractivity contribution in [2.45, 2.75) is 52.5 Å². The van der Waals surface area contributed by atoms with Crippen molar-refractivity contribution >= 4 is 0 Å². The van der Waals surface area contributed by atoms with Crippen LogP contribution in [0.5, 0.6) is 0 Å². The summed E-state index contributed by atoms with van der Waals surface area (Å²) in [5.41, 5.74) is 3.85. The van der Waals surface area contributed by atoms with Gasteiger partial charge in [-0.05, 0) is 76.8 Å². The van der Waals surface area contributed by atoms with E-state index in [0.29, 0.717) is 0 Å². The van der Waals surface area contributed by atoms with E-state index in [4.69, 9.17) is 4.74 Å². The number of nitrogens with zero attached hydrogens (tertiary/aromatic N) is 3. The fourth-order valence-electron chi connectivity index (χ4n) is 4.09. The zero-order chi connectivity index (χ0) is 19.3. The van der Waals surface area contributed by atoms with E-state index in [1.54, 1.807) is 0 Å². The first-order valence-electron chi connectivity index (χ1n) is 10.1. The van der Waals surface area contributed by atoms with Crippen LogP contribution >= 0.6 is 0 Å². The van der Waals surface area contributed by atoms with Crippen molar-refractivity contribution in [1.29, 1.82) is 0 Å². The number of pyridine rings is 2. The third kappa shape index (κ3) is 4.74. The van der Waals surface area contributed by atoms with Gasteiger partial charge >= 0.3 is 0 Å². The monoisotopic (exact) mass is 367 g/mol. The third-order valence-corrected chi connectivity index (χ3v) is 6.13. The first kappa shape index (κ1) is 20.0. The topological polar surface area (TPSA) is 38.2 Å². The van der Waals surface area contributed by atoms with Crippen molar-refractivity contribution in [3.05, 3.63) is 59.7 Å². The molecule has 1 saturated heterocycles. The van der Waals surface area contributed by atoms with E-state index in [2.05, 4.69) is 53.8 Å². The van der Waals surface area contributed by atoms with Crippen molar-refractivity contribution < 1.29 is 4.74 Å². The van der Waals surface area contributed by atoms with Crippen LogP contribution in [0.1, 0.15) is 50.4 Å². The van der Waals surface area contributed by atoms with Crippen molar-refractivity contribution in [2.24, 2.45) is 5.41 Å². The van der Waals surface area contributed by atoms with E-state index in [1.165, 1.54) is 17.5 Å². The van der Waals surface area contributed by atoms with Gasteiger partial charge in [-0.2, -0.15) is 0 Å². The second kappa shape index (κ2) is 8.49. The summed E-state index contributed by atoms with van der Waals surface area (Å²) in [7, 11) is 0. The van der Waals surface area contributed by atoms with Gasteiger partial charge in [-0.15, -0.1) is 0 Å². The minimum absolute atomic E-state index is 0.0248. The first-order chi connectivity index (χ1) is 13.0. The van der Waals surface area contributed by atoms with Crippen LogP contribution in [0.4, 0.5) is 0 Å². The molecule has 0 amide bonds. The molecule has 3 heterocycles. The fourth-order valence-corrected chi connectivity index (χ4v) is 4.09. The summed E-state index contributed by atoms with van der Waals surface area (Å²) in [6.07, 6.45) is 9.24. The lowest BCUT2D eigenvalue weighted by atomic mass is 9.82. The predicted molar refractivity (Wildman–Crippen MR) is 110 cm³/mol. The third-order valence-electron chi connectivity index (χ3n) is 6.13. The highest BCUT2D eigenvalue weighted by Crippen LogP contribution is 2.41. The van der Waals surface area contributed by atoms with Crippen LogP contribution < -0.4 is 0 Å². The average Bonchev–Trinajstić information content (AvgIpc) is 3.12. The summed E-state index contributed by atoms with van der Waals surface area (Å²) < 4.78 is 5.94. The molecule has 1 aliphatic heterocycles. The zero-order valence-corrected chi connectivity index (χ0v) is 17.2. The number of aromatic nitrogens is 2. The average molecular weight is 368 g/mol. The molecule has 0 saturated carbocycles. The van der Waals surface area contributed by atoms with E-state index in [-0.39, 0.29) is 11.0 Å². The Labute approximate surface area is 164 Å².